The van der Waals surface area contributed by atoms with Gasteiger partial charge in [0.2, 0.25) is 0 Å². The van der Waals surface area contributed by atoms with Gasteiger partial charge < -0.3 is 15.0 Å². The van der Waals surface area contributed by atoms with Crippen molar-refractivity contribution in [2.75, 3.05) is 12.3 Å². The van der Waals surface area contributed by atoms with Crippen molar-refractivity contribution < 1.29 is 4.79 Å². The molecule has 4 aromatic heterocycles. The predicted molar refractivity (Wildman–Crippen MR) is 116 cm³/mol. The van der Waals surface area contributed by atoms with Crippen molar-refractivity contribution in [3.8, 4) is 0 Å². The Hall–Kier alpha value is -3.94. The number of hydrogen-bond donors (Lipinski definition) is 1. The summed E-state index contributed by atoms with van der Waals surface area (Å²) in [5.41, 5.74) is 9.92. The van der Waals surface area contributed by atoms with E-state index in [1.807, 2.05) is 61.1 Å². The minimum atomic E-state index is -0.0506. The van der Waals surface area contributed by atoms with Gasteiger partial charge in [-0.3, -0.25) is 9.48 Å². The number of amides is 1. The van der Waals surface area contributed by atoms with Crippen molar-refractivity contribution in [1.82, 2.24) is 29.0 Å². The van der Waals surface area contributed by atoms with Crippen LogP contribution in [-0.4, -0.2) is 41.5 Å². The molecule has 1 amide bonds. The first kappa shape index (κ1) is 18.1. The summed E-state index contributed by atoms with van der Waals surface area (Å²) < 4.78 is 3.66. The standard InChI is InChI=1S/C22H21N7O/c1-3-28(12-15-13-29-9-5-4-6-19(29)25-15)22(30)14-7-8-18-16(10-14)17-11-24-27(2)20(17)21(23)26-18/h4-11,13H,3,12H2,1-2H3,(H2,23,26). The zero-order valence-electron chi connectivity index (χ0n) is 16.8. The van der Waals surface area contributed by atoms with Gasteiger partial charge in [0, 0.05) is 42.3 Å². The normalized spacial score (nSPS) is 11.5. The summed E-state index contributed by atoms with van der Waals surface area (Å²) in [6.07, 6.45) is 5.67. The van der Waals surface area contributed by atoms with Crippen molar-refractivity contribution in [3.05, 3.63) is 66.2 Å². The highest BCUT2D eigenvalue weighted by Crippen LogP contribution is 2.28. The Balaban J connectivity index is 1.52. The van der Waals surface area contributed by atoms with E-state index in [1.165, 1.54) is 0 Å². The molecule has 0 aliphatic carbocycles. The van der Waals surface area contributed by atoms with E-state index in [1.54, 1.807) is 21.8 Å². The lowest BCUT2D eigenvalue weighted by atomic mass is 10.1. The number of rotatable bonds is 4. The molecule has 0 fully saturated rings. The van der Waals surface area contributed by atoms with E-state index in [4.69, 9.17) is 5.73 Å². The number of pyridine rings is 2. The van der Waals surface area contributed by atoms with Crippen LogP contribution >= 0.6 is 0 Å². The van der Waals surface area contributed by atoms with Gasteiger partial charge in [0.05, 0.1) is 24.0 Å². The molecule has 8 heteroatoms. The maximum absolute atomic E-state index is 13.3. The van der Waals surface area contributed by atoms with Gasteiger partial charge in [0.1, 0.15) is 17.0 Å². The Morgan fingerprint density at radius 1 is 1.17 bits per heavy atom. The fourth-order valence-corrected chi connectivity index (χ4v) is 3.87. The number of anilines is 1. The average Bonchev–Trinajstić information content (AvgIpc) is 3.35. The molecular weight excluding hydrogens is 378 g/mol. The Morgan fingerprint density at radius 3 is 2.83 bits per heavy atom. The summed E-state index contributed by atoms with van der Waals surface area (Å²) in [5, 5.41) is 6.05. The number of carbonyl (C=O) groups excluding carboxylic acids is 1. The summed E-state index contributed by atoms with van der Waals surface area (Å²) in [7, 11) is 1.83. The molecule has 8 nitrogen and oxygen atoms in total. The van der Waals surface area contributed by atoms with E-state index < -0.39 is 0 Å². The van der Waals surface area contributed by atoms with Gasteiger partial charge >= 0.3 is 0 Å². The van der Waals surface area contributed by atoms with Crippen LogP contribution in [0.25, 0.3) is 27.5 Å². The molecular formula is C22H21N7O. The third kappa shape index (κ3) is 2.85. The predicted octanol–water partition coefficient (Wildman–Crippen LogP) is 3.01. The van der Waals surface area contributed by atoms with Crippen LogP contribution in [0.4, 0.5) is 5.82 Å². The molecule has 0 radical (unpaired) electrons. The van der Waals surface area contributed by atoms with Crippen molar-refractivity contribution in [3.63, 3.8) is 0 Å². The fraction of sp³-hybridized carbons (Fsp3) is 0.182. The Kier molecular flexibility index (Phi) is 4.13. The van der Waals surface area contributed by atoms with Gasteiger partial charge in [-0.2, -0.15) is 5.10 Å². The first-order chi connectivity index (χ1) is 14.5. The minimum Gasteiger partial charge on any atom is -0.382 e. The SMILES string of the molecule is CCN(Cc1cn2ccccc2n1)C(=O)c1ccc2nc(N)c3c(cnn3C)c2c1. The van der Waals surface area contributed by atoms with Crippen LogP contribution < -0.4 is 5.73 Å². The number of hydrogen-bond acceptors (Lipinski definition) is 5. The first-order valence-corrected chi connectivity index (χ1v) is 9.78. The number of nitrogens with zero attached hydrogens (tertiary/aromatic N) is 6. The number of nitrogens with two attached hydrogens (primary N) is 1. The molecule has 0 atom stereocenters. The zero-order valence-corrected chi connectivity index (χ0v) is 16.8. The lowest BCUT2D eigenvalue weighted by Gasteiger charge is -2.20. The van der Waals surface area contributed by atoms with Gasteiger partial charge in [0.15, 0.2) is 0 Å². The molecule has 2 N–H and O–H groups in total. The van der Waals surface area contributed by atoms with Crippen molar-refractivity contribution in [2.24, 2.45) is 7.05 Å². The first-order valence-electron chi connectivity index (χ1n) is 9.78. The van der Waals surface area contributed by atoms with E-state index in [-0.39, 0.29) is 5.91 Å². The molecule has 5 rings (SSSR count). The molecule has 0 aliphatic heterocycles. The Bertz CT molecular complexity index is 1380. The van der Waals surface area contributed by atoms with Gasteiger partial charge in [-0.15, -0.1) is 0 Å². The van der Waals surface area contributed by atoms with Crippen molar-refractivity contribution in [1.29, 1.82) is 0 Å². The number of aromatic nitrogens is 5. The third-order valence-electron chi connectivity index (χ3n) is 5.39. The van der Waals surface area contributed by atoms with Crippen LogP contribution in [0.1, 0.15) is 23.0 Å². The van der Waals surface area contributed by atoms with Crippen LogP contribution in [-0.2, 0) is 13.6 Å². The lowest BCUT2D eigenvalue weighted by molar-refractivity contribution is 0.0751. The summed E-state index contributed by atoms with van der Waals surface area (Å²) >= 11 is 0. The molecule has 0 unspecified atom stereocenters. The van der Waals surface area contributed by atoms with Crippen LogP contribution in [0.5, 0.6) is 0 Å². The molecule has 150 valence electrons. The highest BCUT2D eigenvalue weighted by atomic mass is 16.2. The van der Waals surface area contributed by atoms with Crippen LogP contribution in [0, 0.1) is 0 Å². The highest BCUT2D eigenvalue weighted by molar-refractivity contribution is 6.10. The van der Waals surface area contributed by atoms with E-state index in [2.05, 4.69) is 15.1 Å². The zero-order chi connectivity index (χ0) is 20.8. The molecule has 0 aliphatic rings. The monoisotopic (exact) mass is 399 g/mol. The quantitative estimate of drug-likeness (QED) is 0.501. The van der Waals surface area contributed by atoms with Gasteiger partial charge in [0.25, 0.3) is 5.91 Å². The molecule has 0 saturated heterocycles. The van der Waals surface area contributed by atoms with Gasteiger partial charge in [-0.1, -0.05) is 6.07 Å². The second-order valence-electron chi connectivity index (χ2n) is 7.28. The Morgan fingerprint density at radius 2 is 2.03 bits per heavy atom. The molecule has 0 bridgehead atoms. The third-order valence-corrected chi connectivity index (χ3v) is 5.39. The smallest absolute Gasteiger partial charge is 0.254 e. The second kappa shape index (κ2) is 6.84. The van der Waals surface area contributed by atoms with E-state index in [9.17, 15) is 4.79 Å². The Labute approximate surface area is 172 Å². The molecule has 30 heavy (non-hydrogen) atoms. The maximum atomic E-state index is 13.3. The topological polar surface area (TPSA) is 94.3 Å². The summed E-state index contributed by atoms with van der Waals surface area (Å²) in [6, 6.07) is 11.4. The number of imidazole rings is 1. The lowest BCUT2D eigenvalue weighted by Crippen LogP contribution is -2.30. The summed E-state index contributed by atoms with van der Waals surface area (Å²) in [4.78, 5) is 24.1. The van der Waals surface area contributed by atoms with E-state index in [0.717, 1.165) is 33.1 Å². The van der Waals surface area contributed by atoms with Gasteiger partial charge in [-0.05, 0) is 37.3 Å². The molecule has 5 aromatic rings. The van der Waals surface area contributed by atoms with Crippen LogP contribution in [0.15, 0.2) is 55.0 Å². The second-order valence-corrected chi connectivity index (χ2v) is 7.28. The number of benzene rings is 1. The molecule has 0 saturated carbocycles. The van der Waals surface area contributed by atoms with Gasteiger partial charge in [-0.25, -0.2) is 9.97 Å². The van der Waals surface area contributed by atoms with E-state index in [0.29, 0.717) is 24.5 Å². The maximum Gasteiger partial charge on any atom is 0.254 e. The average molecular weight is 399 g/mol. The number of carbonyl (C=O) groups is 1. The van der Waals surface area contributed by atoms with Crippen LogP contribution in [0.2, 0.25) is 0 Å². The van der Waals surface area contributed by atoms with Crippen LogP contribution in [0.3, 0.4) is 0 Å². The van der Waals surface area contributed by atoms with Crippen molar-refractivity contribution >= 4 is 39.2 Å². The largest absolute Gasteiger partial charge is 0.382 e. The van der Waals surface area contributed by atoms with Crippen molar-refractivity contribution in [2.45, 2.75) is 13.5 Å². The molecule has 0 spiro atoms. The minimum absolute atomic E-state index is 0.0506. The molecule has 4 heterocycles. The number of aryl methyl sites for hydroxylation is 1. The van der Waals surface area contributed by atoms with E-state index >= 15 is 0 Å². The number of fused-ring (bicyclic) bond motifs is 4. The molecule has 1 aromatic carbocycles. The fourth-order valence-electron chi connectivity index (χ4n) is 3.87. The highest BCUT2D eigenvalue weighted by Gasteiger charge is 2.18. The number of nitrogen functional groups attached to an aromatic ring is 1. The summed E-state index contributed by atoms with van der Waals surface area (Å²) in [5.74, 6) is 0.379. The summed E-state index contributed by atoms with van der Waals surface area (Å²) in [6.45, 7) is 2.99.